The topological polar surface area (TPSA) is 50.8 Å². The quantitative estimate of drug-likeness (QED) is 0.854. The van der Waals surface area contributed by atoms with Gasteiger partial charge in [0.05, 0.1) is 19.7 Å². The standard InChI is InChI=1S/C15H15ClN2O3/c1-4-5-18-14(19)17-11-8-15(18,2)21-13-10(11)6-9(16)7-12(13)20-3/h1,6-7,11H,5,8H2,2-3H3,(H,17,19). The number of carbonyl (C=O) groups excluding carboxylic acids is 1. The Balaban J connectivity index is 2.11. The minimum absolute atomic E-state index is 0.173. The van der Waals surface area contributed by atoms with Crippen molar-refractivity contribution in [3.05, 3.63) is 22.7 Å². The summed E-state index contributed by atoms with van der Waals surface area (Å²) in [5.74, 6) is 3.64. The third-order valence-corrected chi connectivity index (χ3v) is 4.13. The molecule has 1 aromatic rings. The smallest absolute Gasteiger partial charge is 0.321 e. The molecule has 2 heterocycles. The van der Waals surface area contributed by atoms with Crippen molar-refractivity contribution in [2.24, 2.45) is 0 Å². The van der Waals surface area contributed by atoms with E-state index in [0.29, 0.717) is 22.9 Å². The van der Waals surface area contributed by atoms with Crippen LogP contribution in [0.2, 0.25) is 5.02 Å². The molecule has 2 aliphatic rings. The SMILES string of the molecule is C#CCN1C(=O)NC2CC1(C)Oc1c(OC)cc(Cl)cc12. The van der Waals surface area contributed by atoms with E-state index in [0.717, 1.165) is 5.56 Å². The van der Waals surface area contributed by atoms with Crippen LogP contribution in [-0.4, -0.2) is 30.3 Å². The van der Waals surface area contributed by atoms with Crippen molar-refractivity contribution in [2.45, 2.75) is 25.1 Å². The number of hydrogen-bond acceptors (Lipinski definition) is 3. The van der Waals surface area contributed by atoms with E-state index in [4.69, 9.17) is 27.5 Å². The number of ether oxygens (including phenoxy) is 2. The number of halogens is 1. The largest absolute Gasteiger partial charge is 0.493 e. The van der Waals surface area contributed by atoms with Crippen molar-refractivity contribution in [2.75, 3.05) is 13.7 Å². The van der Waals surface area contributed by atoms with Crippen LogP contribution in [0.4, 0.5) is 4.79 Å². The minimum atomic E-state index is -0.798. The predicted molar refractivity (Wildman–Crippen MR) is 78.5 cm³/mol. The van der Waals surface area contributed by atoms with Gasteiger partial charge in [-0.2, -0.15) is 0 Å². The van der Waals surface area contributed by atoms with Gasteiger partial charge in [0.15, 0.2) is 17.2 Å². The second kappa shape index (κ2) is 4.74. The Bertz CT molecular complexity index is 655. The van der Waals surface area contributed by atoms with Crippen LogP contribution in [0, 0.1) is 12.3 Å². The molecule has 5 nitrogen and oxygen atoms in total. The summed E-state index contributed by atoms with van der Waals surface area (Å²) in [4.78, 5) is 13.7. The Kier molecular flexibility index (Phi) is 3.14. The number of nitrogens with one attached hydrogen (secondary N) is 1. The lowest BCUT2D eigenvalue weighted by molar-refractivity contribution is -0.0792. The third-order valence-electron chi connectivity index (χ3n) is 3.91. The van der Waals surface area contributed by atoms with Crippen molar-refractivity contribution in [3.8, 4) is 23.8 Å². The number of nitrogens with zero attached hydrogens (tertiary/aromatic N) is 1. The summed E-state index contributed by atoms with van der Waals surface area (Å²) in [5.41, 5.74) is 0.0264. The highest BCUT2D eigenvalue weighted by Gasteiger charge is 2.49. The molecule has 0 aromatic heterocycles. The summed E-state index contributed by atoms with van der Waals surface area (Å²) in [6, 6.07) is 3.07. The van der Waals surface area contributed by atoms with Crippen LogP contribution in [0.1, 0.15) is 24.9 Å². The van der Waals surface area contributed by atoms with E-state index in [1.54, 1.807) is 19.2 Å². The van der Waals surface area contributed by atoms with Gasteiger partial charge in [-0.1, -0.05) is 17.5 Å². The van der Waals surface area contributed by atoms with Gasteiger partial charge >= 0.3 is 6.03 Å². The molecule has 0 aliphatic carbocycles. The molecule has 21 heavy (non-hydrogen) atoms. The normalized spacial score (nSPS) is 26.3. The first kappa shape index (κ1) is 13.9. The number of methoxy groups -OCH3 is 1. The molecule has 2 amide bonds. The second-order valence-corrected chi connectivity index (χ2v) is 5.74. The molecule has 1 aromatic carbocycles. The molecule has 3 rings (SSSR count). The molecule has 1 saturated heterocycles. The van der Waals surface area contributed by atoms with Gasteiger partial charge in [-0.25, -0.2) is 4.79 Å². The number of benzene rings is 1. The maximum absolute atomic E-state index is 12.2. The van der Waals surface area contributed by atoms with Crippen LogP contribution < -0.4 is 14.8 Å². The summed E-state index contributed by atoms with van der Waals surface area (Å²) in [5, 5.41) is 3.48. The Morgan fingerprint density at radius 2 is 2.43 bits per heavy atom. The molecule has 2 atom stereocenters. The first-order valence-corrected chi connectivity index (χ1v) is 6.94. The van der Waals surface area contributed by atoms with Gasteiger partial charge in [-0.3, -0.25) is 4.90 Å². The summed E-state index contributed by atoms with van der Waals surface area (Å²) >= 11 is 6.10. The fourth-order valence-electron chi connectivity index (χ4n) is 2.92. The fraction of sp³-hybridized carbons (Fsp3) is 0.400. The molecule has 2 bridgehead atoms. The molecule has 0 saturated carbocycles. The Hall–Kier alpha value is -2.06. The number of rotatable bonds is 2. The summed E-state index contributed by atoms with van der Waals surface area (Å²) < 4.78 is 11.4. The Labute approximate surface area is 128 Å². The van der Waals surface area contributed by atoms with E-state index in [1.165, 1.54) is 4.90 Å². The molecular formula is C15H15ClN2O3. The number of hydrogen-bond donors (Lipinski definition) is 1. The van der Waals surface area contributed by atoms with Gasteiger partial charge in [0.1, 0.15) is 0 Å². The third kappa shape index (κ3) is 2.07. The number of urea groups is 1. The van der Waals surface area contributed by atoms with E-state index >= 15 is 0 Å². The lowest BCUT2D eigenvalue weighted by Gasteiger charge is -2.50. The van der Waals surface area contributed by atoms with E-state index < -0.39 is 5.72 Å². The lowest BCUT2D eigenvalue weighted by atomic mass is 9.90. The van der Waals surface area contributed by atoms with Crippen LogP contribution in [0.5, 0.6) is 11.5 Å². The van der Waals surface area contributed by atoms with Crippen molar-refractivity contribution in [1.29, 1.82) is 0 Å². The molecule has 110 valence electrons. The Morgan fingerprint density at radius 1 is 1.67 bits per heavy atom. The van der Waals surface area contributed by atoms with Gasteiger partial charge < -0.3 is 14.8 Å². The first-order chi connectivity index (χ1) is 9.98. The van der Waals surface area contributed by atoms with Crippen molar-refractivity contribution < 1.29 is 14.3 Å². The van der Waals surface area contributed by atoms with Gasteiger partial charge in [0, 0.05) is 23.1 Å². The lowest BCUT2D eigenvalue weighted by Crippen LogP contribution is -2.64. The summed E-state index contributed by atoms with van der Waals surface area (Å²) in [6.45, 7) is 2.04. The van der Waals surface area contributed by atoms with Crippen LogP contribution in [-0.2, 0) is 0 Å². The van der Waals surface area contributed by atoms with Crippen LogP contribution in [0.15, 0.2) is 12.1 Å². The average molecular weight is 307 g/mol. The van der Waals surface area contributed by atoms with E-state index in [1.807, 2.05) is 6.92 Å². The summed E-state index contributed by atoms with van der Waals surface area (Å²) in [7, 11) is 1.56. The molecule has 6 heteroatoms. The molecule has 0 spiro atoms. The highest BCUT2D eigenvalue weighted by Crippen LogP contribution is 2.49. The maximum atomic E-state index is 12.2. The van der Waals surface area contributed by atoms with Crippen molar-refractivity contribution in [1.82, 2.24) is 10.2 Å². The number of fused-ring (bicyclic) bond motifs is 4. The van der Waals surface area contributed by atoms with Gasteiger partial charge in [0.25, 0.3) is 0 Å². The number of terminal acetylenes is 1. The zero-order valence-electron chi connectivity index (χ0n) is 11.8. The number of amides is 2. The monoisotopic (exact) mass is 306 g/mol. The average Bonchev–Trinajstić information content (AvgIpc) is 2.43. The molecular weight excluding hydrogens is 292 g/mol. The molecule has 0 radical (unpaired) electrons. The van der Waals surface area contributed by atoms with Crippen LogP contribution in [0.25, 0.3) is 0 Å². The fourth-order valence-corrected chi connectivity index (χ4v) is 3.14. The summed E-state index contributed by atoms with van der Waals surface area (Å²) in [6.07, 6.45) is 5.95. The maximum Gasteiger partial charge on any atom is 0.321 e. The van der Waals surface area contributed by atoms with Crippen molar-refractivity contribution >= 4 is 17.6 Å². The second-order valence-electron chi connectivity index (χ2n) is 5.30. The van der Waals surface area contributed by atoms with E-state index in [-0.39, 0.29) is 18.6 Å². The van der Waals surface area contributed by atoms with Crippen molar-refractivity contribution in [3.63, 3.8) is 0 Å². The highest BCUT2D eigenvalue weighted by molar-refractivity contribution is 6.30. The predicted octanol–water partition coefficient (Wildman–Crippen LogP) is 2.55. The van der Waals surface area contributed by atoms with E-state index in [2.05, 4.69) is 11.2 Å². The van der Waals surface area contributed by atoms with E-state index in [9.17, 15) is 4.79 Å². The van der Waals surface area contributed by atoms with Crippen LogP contribution >= 0.6 is 11.6 Å². The minimum Gasteiger partial charge on any atom is -0.493 e. The number of carbonyl (C=O) groups is 1. The first-order valence-electron chi connectivity index (χ1n) is 6.56. The highest BCUT2D eigenvalue weighted by atomic mass is 35.5. The van der Waals surface area contributed by atoms with Crippen LogP contribution in [0.3, 0.4) is 0 Å². The molecule has 2 aliphatic heterocycles. The molecule has 2 unspecified atom stereocenters. The molecule has 1 N–H and O–H groups in total. The zero-order chi connectivity index (χ0) is 15.2. The van der Waals surface area contributed by atoms with Gasteiger partial charge in [0.2, 0.25) is 0 Å². The molecule has 1 fully saturated rings. The zero-order valence-corrected chi connectivity index (χ0v) is 12.5. The van der Waals surface area contributed by atoms with Gasteiger partial charge in [-0.05, 0) is 13.0 Å². The Morgan fingerprint density at radius 3 is 3.10 bits per heavy atom. The van der Waals surface area contributed by atoms with Gasteiger partial charge in [-0.15, -0.1) is 6.42 Å².